The molecule has 0 amide bonds. The average molecular weight is 295 g/mol. The molecule has 0 fully saturated rings. The van der Waals surface area contributed by atoms with Crippen molar-refractivity contribution in [1.29, 1.82) is 0 Å². The first-order valence-electron chi connectivity index (χ1n) is 6.58. The average Bonchev–Trinajstić information content (AvgIpc) is 2.24. The lowest BCUT2D eigenvalue weighted by Crippen LogP contribution is -2.27. The van der Waals surface area contributed by atoms with Gasteiger partial charge in [-0.3, -0.25) is 20.2 Å². The normalized spacial score (nSPS) is 12.1. The van der Waals surface area contributed by atoms with Gasteiger partial charge < -0.3 is 5.32 Å². The first-order chi connectivity index (χ1) is 9.33. The summed E-state index contributed by atoms with van der Waals surface area (Å²) in [6.07, 6.45) is 0. The minimum absolute atomic E-state index is 0.0505. The molecule has 116 valence electrons. The van der Waals surface area contributed by atoms with Gasteiger partial charge in [0.1, 0.15) is 0 Å². The fourth-order valence-electron chi connectivity index (χ4n) is 1.84. The predicted octanol–water partition coefficient (Wildman–Crippen LogP) is 4.01. The van der Waals surface area contributed by atoms with Crippen LogP contribution in [0.3, 0.4) is 0 Å². The van der Waals surface area contributed by atoms with E-state index in [0.717, 1.165) is 0 Å². The van der Waals surface area contributed by atoms with E-state index in [2.05, 4.69) is 5.32 Å². The van der Waals surface area contributed by atoms with Gasteiger partial charge in [0, 0.05) is 17.7 Å². The molecule has 0 atom stereocenters. The molecule has 7 heteroatoms. The van der Waals surface area contributed by atoms with Gasteiger partial charge in [0.2, 0.25) is 0 Å². The first-order valence-corrected chi connectivity index (χ1v) is 6.58. The van der Waals surface area contributed by atoms with Crippen LogP contribution in [0.15, 0.2) is 12.1 Å². The Balaban J connectivity index is 3.67. The minimum Gasteiger partial charge on any atom is -0.369 e. The van der Waals surface area contributed by atoms with E-state index in [0.29, 0.717) is 5.56 Å². The highest BCUT2D eigenvalue weighted by molar-refractivity contribution is 5.76. The Bertz CT molecular complexity index is 548. The third kappa shape index (κ3) is 4.14. The van der Waals surface area contributed by atoms with Crippen molar-refractivity contribution in [2.45, 2.75) is 52.5 Å². The maximum absolute atomic E-state index is 11.3. The van der Waals surface area contributed by atoms with Crippen LogP contribution in [0.25, 0.3) is 0 Å². The molecule has 1 aromatic carbocycles. The third-order valence-corrected chi connectivity index (χ3v) is 2.86. The zero-order chi connectivity index (χ0) is 16.6. The van der Waals surface area contributed by atoms with Crippen LogP contribution in [0.2, 0.25) is 0 Å². The Labute approximate surface area is 123 Å². The fourth-order valence-corrected chi connectivity index (χ4v) is 1.84. The van der Waals surface area contributed by atoms with Crippen LogP contribution in [0, 0.1) is 20.2 Å². The summed E-state index contributed by atoms with van der Waals surface area (Å²) in [5.41, 5.74) is -0.992. The first kappa shape index (κ1) is 16.9. The molecule has 0 aliphatic carbocycles. The Hall–Kier alpha value is -2.18. The summed E-state index contributed by atoms with van der Waals surface area (Å²) >= 11 is 0. The van der Waals surface area contributed by atoms with Crippen molar-refractivity contribution < 1.29 is 9.85 Å². The molecule has 1 aromatic rings. The summed E-state index contributed by atoms with van der Waals surface area (Å²) in [6, 6.07) is 2.81. The van der Waals surface area contributed by atoms with Crippen molar-refractivity contribution in [3.8, 4) is 0 Å². The Morgan fingerprint density at radius 1 is 0.905 bits per heavy atom. The minimum atomic E-state index is -0.587. The van der Waals surface area contributed by atoms with Gasteiger partial charge >= 0.3 is 0 Å². The number of rotatable bonds is 3. The van der Waals surface area contributed by atoms with Gasteiger partial charge in [-0.2, -0.15) is 0 Å². The van der Waals surface area contributed by atoms with Gasteiger partial charge in [0.15, 0.2) is 5.69 Å². The number of benzene rings is 1. The number of nitro groups is 2. The highest BCUT2D eigenvalue weighted by Gasteiger charge is 2.31. The summed E-state index contributed by atoms with van der Waals surface area (Å²) in [7, 11) is 0. The monoisotopic (exact) mass is 295 g/mol. The van der Waals surface area contributed by atoms with Gasteiger partial charge in [0.25, 0.3) is 11.4 Å². The number of nitrogens with zero attached hydrogens (tertiary/aromatic N) is 2. The van der Waals surface area contributed by atoms with Crippen molar-refractivity contribution in [2.75, 3.05) is 5.32 Å². The van der Waals surface area contributed by atoms with Crippen LogP contribution in [-0.2, 0) is 5.41 Å². The van der Waals surface area contributed by atoms with Crippen LogP contribution in [0.5, 0.6) is 0 Å². The molecule has 0 aromatic heterocycles. The second-order valence-corrected chi connectivity index (χ2v) is 7.03. The van der Waals surface area contributed by atoms with Crippen LogP contribution < -0.4 is 5.32 Å². The SMILES string of the molecule is CC(C)(C)Nc1c([N+](=O)[O-])cc(C(C)(C)C)cc1[N+](=O)[O-]. The smallest absolute Gasteiger partial charge is 0.299 e. The highest BCUT2D eigenvalue weighted by atomic mass is 16.6. The van der Waals surface area contributed by atoms with E-state index in [1.165, 1.54) is 12.1 Å². The molecule has 21 heavy (non-hydrogen) atoms. The van der Waals surface area contributed by atoms with E-state index in [4.69, 9.17) is 0 Å². The van der Waals surface area contributed by atoms with Crippen molar-refractivity contribution in [3.05, 3.63) is 37.9 Å². The molecule has 7 nitrogen and oxygen atoms in total. The molecule has 0 spiro atoms. The van der Waals surface area contributed by atoms with Crippen molar-refractivity contribution in [1.82, 2.24) is 0 Å². The molecule has 0 bridgehead atoms. The van der Waals surface area contributed by atoms with Gasteiger partial charge in [-0.05, 0) is 31.7 Å². The topological polar surface area (TPSA) is 98.3 Å². The maximum atomic E-state index is 11.3. The summed E-state index contributed by atoms with van der Waals surface area (Å²) < 4.78 is 0. The van der Waals surface area contributed by atoms with E-state index in [1.54, 1.807) is 20.8 Å². The van der Waals surface area contributed by atoms with Gasteiger partial charge in [0.05, 0.1) is 9.85 Å². The molecule has 0 aliphatic heterocycles. The van der Waals surface area contributed by atoms with Crippen LogP contribution in [0.4, 0.5) is 17.1 Å². The fraction of sp³-hybridized carbons (Fsp3) is 0.571. The third-order valence-electron chi connectivity index (χ3n) is 2.86. The molecule has 1 rings (SSSR count). The van der Waals surface area contributed by atoms with Crippen LogP contribution >= 0.6 is 0 Å². The molecule has 0 heterocycles. The van der Waals surface area contributed by atoms with Gasteiger partial charge in [-0.25, -0.2) is 0 Å². The van der Waals surface area contributed by atoms with E-state index in [-0.39, 0.29) is 17.1 Å². The lowest BCUT2D eigenvalue weighted by molar-refractivity contribution is -0.392. The Kier molecular flexibility index (Phi) is 4.26. The van der Waals surface area contributed by atoms with E-state index in [9.17, 15) is 20.2 Å². The standard InChI is InChI=1S/C14H21N3O4/c1-13(2,3)9-7-10(16(18)19)12(15-14(4,5)6)11(8-9)17(20)21/h7-8,15H,1-6H3. The molecule has 0 radical (unpaired) electrons. The van der Waals surface area contributed by atoms with Crippen molar-refractivity contribution in [3.63, 3.8) is 0 Å². The number of nitro benzene ring substituents is 2. The highest BCUT2D eigenvalue weighted by Crippen LogP contribution is 2.40. The zero-order valence-electron chi connectivity index (χ0n) is 13.2. The molecule has 0 aliphatic rings. The quantitative estimate of drug-likeness (QED) is 0.671. The zero-order valence-corrected chi connectivity index (χ0v) is 13.2. The number of anilines is 1. The Morgan fingerprint density at radius 3 is 1.52 bits per heavy atom. The van der Waals surface area contributed by atoms with Crippen molar-refractivity contribution >= 4 is 17.1 Å². The Morgan fingerprint density at radius 2 is 1.29 bits per heavy atom. The number of hydrogen-bond acceptors (Lipinski definition) is 5. The second-order valence-electron chi connectivity index (χ2n) is 7.03. The summed E-state index contributed by atoms with van der Waals surface area (Å²) in [5.74, 6) is 0. The molecule has 1 N–H and O–H groups in total. The second kappa shape index (κ2) is 5.31. The lowest BCUT2D eigenvalue weighted by Gasteiger charge is -2.24. The van der Waals surface area contributed by atoms with E-state index < -0.39 is 20.8 Å². The summed E-state index contributed by atoms with van der Waals surface area (Å²) in [4.78, 5) is 21.4. The molecule has 0 unspecified atom stereocenters. The van der Waals surface area contributed by atoms with Gasteiger partial charge in [-0.15, -0.1) is 0 Å². The van der Waals surface area contributed by atoms with E-state index in [1.807, 2.05) is 20.8 Å². The molecular formula is C14H21N3O4. The van der Waals surface area contributed by atoms with Crippen LogP contribution in [-0.4, -0.2) is 15.4 Å². The van der Waals surface area contributed by atoms with Gasteiger partial charge in [-0.1, -0.05) is 20.8 Å². The number of nitrogens with one attached hydrogen (secondary N) is 1. The lowest BCUT2D eigenvalue weighted by atomic mass is 9.86. The van der Waals surface area contributed by atoms with E-state index >= 15 is 0 Å². The maximum Gasteiger partial charge on any atom is 0.299 e. The molecule has 0 saturated heterocycles. The molecule has 0 saturated carbocycles. The summed E-state index contributed by atoms with van der Waals surface area (Å²) in [5, 5.41) is 25.5. The number of hydrogen-bond donors (Lipinski definition) is 1. The largest absolute Gasteiger partial charge is 0.369 e. The van der Waals surface area contributed by atoms with Crippen LogP contribution in [0.1, 0.15) is 47.1 Å². The van der Waals surface area contributed by atoms with Crippen molar-refractivity contribution in [2.24, 2.45) is 0 Å². The molecular weight excluding hydrogens is 274 g/mol. The summed E-state index contributed by atoms with van der Waals surface area (Å²) in [6.45, 7) is 10.9. The predicted molar refractivity (Wildman–Crippen MR) is 81.8 cm³/mol.